The van der Waals surface area contributed by atoms with E-state index in [1.54, 1.807) is 0 Å². The second kappa shape index (κ2) is 8.78. The van der Waals surface area contributed by atoms with E-state index in [9.17, 15) is 9.18 Å². The number of alkyl halides is 1. The number of hydrogen-bond acceptors (Lipinski definition) is 7. The van der Waals surface area contributed by atoms with Gasteiger partial charge in [0, 0.05) is 36.1 Å². The molecular weight excluding hydrogens is 461 g/mol. The molecule has 7 rings (SSSR count). The normalized spacial score (nSPS) is 24.4. The summed E-state index contributed by atoms with van der Waals surface area (Å²) in [6.07, 6.45) is 6.60. The van der Waals surface area contributed by atoms with Crippen LogP contribution in [0.4, 0.5) is 10.1 Å². The van der Waals surface area contributed by atoms with Crippen molar-refractivity contribution in [2.24, 2.45) is 5.41 Å². The predicted octanol–water partition coefficient (Wildman–Crippen LogP) is 5.76. The summed E-state index contributed by atoms with van der Waals surface area (Å²) >= 11 is 0. The summed E-state index contributed by atoms with van der Waals surface area (Å²) in [7, 11) is 0. The number of unbranched alkanes of at least 4 members (excludes halogenated alkanes) is 2. The van der Waals surface area contributed by atoms with Crippen LogP contribution in [-0.4, -0.2) is 38.4 Å². The largest absolute Gasteiger partial charge is 0.339 e. The number of nitrogens with zero attached hydrogens (tertiary/aromatic N) is 5. The van der Waals surface area contributed by atoms with Gasteiger partial charge in [-0.15, -0.1) is 0 Å². The second-order valence-electron chi connectivity index (χ2n) is 11.2. The quantitative estimate of drug-likeness (QED) is 0.313. The lowest BCUT2D eigenvalue weighted by Gasteiger charge is -2.65. The van der Waals surface area contributed by atoms with E-state index in [0.717, 1.165) is 61.4 Å². The van der Waals surface area contributed by atoms with Crippen molar-refractivity contribution in [2.45, 2.75) is 89.1 Å². The van der Waals surface area contributed by atoms with E-state index in [2.05, 4.69) is 20.3 Å². The molecule has 1 amide bonds. The van der Waals surface area contributed by atoms with Gasteiger partial charge < -0.3 is 13.9 Å². The fourth-order valence-electron chi connectivity index (χ4n) is 5.52. The molecular formula is C27H32FN5O3. The molecule has 2 bridgehead atoms. The zero-order valence-electron chi connectivity index (χ0n) is 20.9. The molecule has 0 N–H and O–H groups in total. The summed E-state index contributed by atoms with van der Waals surface area (Å²) in [5.74, 6) is 3.30. The number of aromatic nitrogens is 4. The van der Waals surface area contributed by atoms with Crippen LogP contribution >= 0.6 is 0 Å². The van der Waals surface area contributed by atoms with Gasteiger partial charge in [-0.05, 0) is 63.1 Å². The van der Waals surface area contributed by atoms with Crippen LogP contribution in [0.5, 0.6) is 0 Å². The molecule has 4 aliphatic carbocycles. The second-order valence-corrected chi connectivity index (χ2v) is 11.2. The highest BCUT2D eigenvalue weighted by Crippen LogP contribution is 2.70. The first-order valence-corrected chi connectivity index (χ1v) is 13.1. The topological polar surface area (TPSA) is 98.2 Å². The van der Waals surface area contributed by atoms with E-state index in [1.165, 1.54) is 0 Å². The smallest absolute Gasteiger partial charge is 0.258 e. The third kappa shape index (κ3) is 4.33. The van der Waals surface area contributed by atoms with Gasteiger partial charge in [-0.1, -0.05) is 36.6 Å². The summed E-state index contributed by atoms with van der Waals surface area (Å²) in [5, 5.41) is 8.14. The van der Waals surface area contributed by atoms with Crippen LogP contribution in [0.25, 0.3) is 11.5 Å². The SMILES string of the molecule is CC(C)c1noc(CCCCCN(C(=O)C23CC(F)(C2)C3)c2cccc(-c3nc(C4CC4)no3)c2)n1. The Balaban J connectivity index is 1.13. The number of amides is 1. The van der Waals surface area contributed by atoms with Gasteiger partial charge in [0.05, 0.1) is 5.41 Å². The zero-order valence-corrected chi connectivity index (χ0v) is 20.9. The van der Waals surface area contributed by atoms with Crippen LogP contribution in [0.15, 0.2) is 33.3 Å². The monoisotopic (exact) mass is 493 g/mol. The highest BCUT2D eigenvalue weighted by atomic mass is 19.1. The summed E-state index contributed by atoms with van der Waals surface area (Å²) in [5.41, 5.74) is -0.0717. The first-order valence-electron chi connectivity index (χ1n) is 13.1. The van der Waals surface area contributed by atoms with Gasteiger partial charge in [-0.3, -0.25) is 4.79 Å². The lowest BCUT2D eigenvalue weighted by Crippen LogP contribution is -2.70. The highest BCUT2D eigenvalue weighted by Gasteiger charge is 2.73. The van der Waals surface area contributed by atoms with Gasteiger partial charge in [0.2, 0.25) is 11.8 Å². The van der Waals surface area contributed by atoms with Crippen molar-refractivity contribution in [2.75, 3.05) is 11.4 Å². The number of halogens is 1. The first kappa shape index (κ1) is 23.3. The van der Waals surface area contributed by atoms with Crippen molar-refractivity contribution < 1.29 is 18.2 Å². The Morgan fingerprint density at radius 2 is 1.92 bits per heavy atom. The van der Waals surface area contributed by atoms with E-state index in [0.29, 0.717) is 43.5 Å². The van der Waals surface area contributed by atoms with Crippen LogP contribution in [0.1, 0.15) is 94.6 Å². The summed E-state index contributed by atoms with van der Waals surface area (Å²) in [6.45, 7) is 4.65. The van der Waals surface area contributed by atoms with Gasteiger partial charge in [0.25, 0.3) is 5.89 Å². The fourth-order valence-corrected chi connectivity index (χ4v) is 5.52. The van der Waals surface area contributed by atoms with Crippen molar-refractivity contribution >= 4 is 11.6 Å². The predicted molar refractivity (Wildman–Crippen MR) is 130 cm³/mol. The molecule has 36 heavy (non-hydrogen) atoms. The minimum Gasteiger partial charge on any atom is -0.339 e. The van der Waals surface area contributed by atoms with Gasteiger partial charge in [-0.2, -0.15) is 9.97 Å². The highest BCUT2D eigenvalue weighted by molar-refractivity contribution is 6.00. The number of carbonyl (C=O) groups excluding carboxylic acids is 1. The molecule has 0 unspecified atom stereocenters. The van der Waals surface area contributed by atoms with Crippen LogP contribution < -0.4 is 4.90 Å². The molecule has 4 saturated carbocycles. The van der Waals surface area contributed by atoms with Crippen LogP contribution in [-0.2, 0) is 11.2 Å². The molecule has 9 heteroatoms. The summed E-state index contributed by atoms with van der Waals surface area (Å²) in [4.78, 5) is 24.4. The molecule has 0 aliphatic heterocycles. The number of benzene rings is 1. The molecule has 4 aliphatic rings. The molecule has 3 aromatic rings. The lowest BCUT2D eigenvalue weighted by molar-refractivity contribution is -0.211. The van der Waals surface area contributed by atoms with E-state index < -0.39 is 11.1 Å². The number of carbonyl (C=O) groups is 1. The molecule has 0 saturated heterocycles. The van der Waals surface area contributed by atoms with Gasteiger partial charge in [0.15, 0.2) is 11.6 Å². The Labute approximate surface area is 209 Å². The van der Waals surface area contributed by atoms with Gasteiger partial charge >= 0.3 is 0 Å². The average molecular weight is 494 g/mol. The Kier molecular flexibility index (Phi) is 5.68. The molecule has 0 spiro atoms. The minimum absolute atomic E-state index is 0.0295. The standard InChI is InChI=1S/C27H32FN5O3/c1-17(2)22-29-21(35-31-22)9-4-3-5-12-33(25(34)26-14-27(28,15-26)16-26)20-8-6-7-19(13-20)24-30-23(32-36-24)18-10-11-18/h6-8,13,17-18H,3-5,9-12,14-16H2,1-2H3. The van der Waals surface area contributed by atoms with Crippen LogP contribution in [0.2, 0.25) is 0 Å². The molecule has 1 aromatic carbocycles. The van der Waals surface area contributed by atoms with E-state index in [4.69, 9.17) is 9.05 Å². The van der Waals surface area contributed by atoms with E-state index in [1.807, 2.05) is 43.0 Å². The van der Waals surface area contributed by atoms with Gasteiger partial charge in [0.1, 0.15) is 5.67 Å². The summed E-state index contributed by atoms with van der Waals surface area (Å²) in [6, 6.07) is 7.70. The van der Waals surface area contributed by atoms with E-state index in [-0.39, 0.29) is 11.8 Å². The first-order chi connectivity index (χ1) is 17.3. The zero-order chi connectivity index (χ0) is 24.9. The Bertz CT molecular complexity index is 1240. The maximum absolute atomic E-state index is 14.2. The third-order valence-electron chi connectivity index (χ3n) is 7.73. The van der Waals surface area contributed by atoms with Crippen molar-refractivity contribution in [3.63, 3.8) is 0 Å². The molecule has 4 fully saturated rings. The number of aryl methyl sites for hydroxylation is 1. The number of hydrogen-bond donors (Lipinski definition) is 0. The average Bonchev–Trinajstić information content (AvgIpc) is 3.36. The Morgan fingerprint density at radius 1 is 1.11 bits per heavy atom. The summed E-state index contributed by atoms with van der Waals surface area (Å²) < 4.78 is 25.1. The molecule has 0 atom stereocenters. The third-order valence-corrected chi connectivity index (χ3v) is 7.73. The van der Waals surface area contributed by atoms with Crippen LogP contribution in [0, 0.1) is 5.41 Å². The minimum atomic E-state index is -1.12. The molecule has 190 valence electrons. The lowest BCUT2D eigenvalue weighted by atomic mass is 9.42. The molecule has 8 nitrogen and oxygen atoms in total. The van der Waals surface area contributed by atoms with Gasteiger partial charge in [-0.25, -0.2) is 4.39 Å². The van der Waals surface area contributed by atoms with Crippen molar-refractivity contribution in [1.82, 2.24) is 20.3 Å². The van der Waals surface area contributed by atoms with E-state index >= 15 is 0 Å². The maximum Gasteiger partial charge on any atom is 0.258 e. The van der Waals surface area contributed by atoms with Crippen LogP contribution in [0.3, 0.4) is 0 Å². The number of anilines is 1. The Morgan fingerprint density at radius 3 is 2.61 bits per heavy atom. The fraction of sp³-hybridized carbons (Fsp3) is 0.593. The van der Waals surface area contributed by atoms with Crippen molar-refractivity contribution in [3.05, 3.63) is 41.8 Å². The molecule has 2 aromatic heterocycles. The maximum atomic E-state index is 14.2. The Hall–Kier alpha value is -3.10. The van der Waals surface area contributed by atoms with Crippen molar-refractivity contribution in [1.29, 1.82) is 0 Å². The van der Waals surface area contributed by atoms with Crippen molar-refractivity contribution in [3.8, 4) is 11.5 Å². The molecule has 2 heterocycles. The molecule has 0 radical (unpaired) electrons. The number of rotatable bonds is 11.